The molecule has 1 fully saturated rings. The van der Waals surface area contributed by atoms with Crippen LogP contribution in [0.4, 0.5) is 0 Å². The molecule has 0 radical (unpaired) electrons. The summed E-state index contributed by atoms with van der Waals surface area (Å²) < 4.78 is 28.5. The van der Waals surface area contributed by atoms with Crippen molar-refractivity contribution in [3.8, 4) is 0 Å². The van der Waals surface area contributed by atoms with Gasteiger partial charge in [-0.1, -0.05) is 261 Å². The molecule has 0 saturated carbocycles. The van der Waals surface area contributed by atoms with Crippen molar-refractivity contribution in [2.45, 2.75) is 327 Å². The zero-order valence-electron chi connectivity index (χ0n) is 51.5. The molecule has 81 heavy (non-hydrogen) atoms. The highest BCUT2D eigenvalue weighted by atomic mass is 16.7. The van der Waals surface area contributed by atoms with Crippen molar-refractivity contribution in [1.82, 2.24) is 0 Å². The second-order valence-corrected chi connectivity index (χ2v) is 22.4. The number of carboxylic acid groups (broad SMARTS) is 1. The third kappa shape index (κ3) is 46.3. The van der Waals surface area contributed by atoms with Gasteiger partial charge in [0.2, 0.25) is 0 Å². The van der Waals surface area contributed by atoms with Gasteiger partial charge in [-0.15, -0.1) is 0 Å². The van der Waals surface area contributed by atoms with Gasteiger partial charge in [-0.05, 0) is 83.5 Å². The minimum Gasteiger partial charge on any atom is -0.479 e. The summed E-state index contributed by atoms with van der Waals surface area (Å²) in [6, 6.07) is 0. The van der Waals surface area contributed by atoms with Crippen molar-refractivity contribution >= 4 is 23.9 Å². The van der Waals surface area contributed by atoms with E-state index in [4.69, 9.17) is 23.7 Å². The number of carbonyl (C=O) groups excluding carboxylic acids is 3. The van der Waals surface area contributed by atoms with Gasteiger partial charge in [0.1, 0.15) is 18.8 Å². The standard InChI is InChI=1S/C69H118O12/c1-4-7-10-13-16-19-22-25-28-30-31-33-35-37-40-43-46-49-52-55-61(70)77-58-60(79-62(71)56-53-50-47-44-41-39-36-32-29-26-23-20-17-14-11-8-5-2)59-78-69-67(65(74)64(73)66(81-69)68(75)76)80-63(72)57-54-51-48-45-42-38-34-27-24-21-18-15-12-9-6-3/h8,11,17,20,26-27,29,34,36,39,44,47,60,64-67,69,73-74H,4-7,9-10,12-16,18-19,21-25,28,30-33,35,37-38,40-43,45-46,48-59H2,1-3H3,(H,75,76)/b11-8-,20-17-,29-26-,34-27-,39-36-,47-44-. The van der Waals surface area contributed by atoms with Gasteiger partial charge in [-0.2, -0.15) is 0 Å². The third-order valence-electron chi connectivity index (χ3n) is 14.8. The van der Waals surface area contributed by atoms with Gasteiger partial charge in [0, 0.05) is 19.3 Å². The Morgan fingerprint density at radius 2 is 0.790 bits per heavy atom. The Kier molecular flexibility index (Phi) is 52.6. The van der Waals surface area contributed by atoms with E-state index in [1.165, 1.54) is 135 Å². The van der Waals surface area contributed by atoms with Crippen LogP contribution in [-0.4, -0.2) is 89.2 Å². The fraction of sp³-hybridized carbons (Fsp3) is 0.768. The molecule has 1 heterocycles. The molecular weight excluding hydrogens is 1020 g/mol. The predicted molar refractivity (Wildman–Crippen MR) is 331 cm³/mol. The van der Waals surface area contributed by atoms with Crippen LogP contribution in [0, 0.1) is 0 Å². The lowest BCUT2D eigenvalue weighted by Gasteiger charge is -2.40. The van der Waals surface area contributed by atoms with E-state index < -0.39 is 67.3 Å². The molecule has 0 amide bonds. The van der Waals surface area contributed by atoms with Crippen LogP contribution in [0.1, 0.15) is 290 Å². The fourth-order valence-corrected chi connectivity index (χ4v) is 9.75. The molecule has 6 atom stereocenters. The summed E-state index contributed by atoms with van der Waals surface area (Å²) in [5.74, 6) is -3.19. The summed E-state index contributed by atoms with van der Waals surface area (Å²) in [4.78, 5) is 51.3. The number of ether oxygens (including phenoxy) is 5. The molecule has 1 aliphatic rings. The zero-order chi connectivity index (χ0) is 58.9. The van der Waals surface area contributed by atoms with Gasteiger partial charge in [0.05, 0.1) is 6.61 Å². The average molecular weight is 1140 g/mol. The van der Waals surface area contributed by atoms with Crippen LogP contribution >= 0.6 is 0 Å². The molecule has 0 aromatic carbocycles. The molecule has 1 aliphatic heterocycles. The molecule has 1 saturated heterocycles. The summed E-state index contributed by atoms with van der Waals surface area (Å²) >= 11 is 0. The summed E-state index contributed by atoms with van der Waals surface area (Å²) in [5.41, 5.74) is 0. The molecule has 1 rings (SSSR count). The van der Waals surface area contributed by atoms with Gasteiger partial charge in [-0.25, -0.2) is 4.79 Å². The number of allylic oxidation sites excluding steroid dienone is 12. The zero-order valence-corrected chi connectivity index (χ0v) is 51.5. The Morgan fingerprint density at radius 1 is 0.420 bits per heavy atom. The van der Waals surface area contributed by atoms with Crippen LogP contribution in [-0.2, 0) is 42.9 Å². The molecule has 0 aliphatic carbocycles. The number of hydrogen-bond donors (Lipinski definition) is 3. The first kappa shape index (κ1) is 75.2. The number of unbranched alkanes of at least 4 members (excludes halogenated alkanes) is 30. The predicted octanol–water partition coefficient (Wildman–Crippen LogP) is 17.7. The number of aliphatic hydroxyl groups is 2. The molecule has 6 unspecified atom stereocenters. The highest BCUT2D eigenvalue weighted by Gasteiger charge is 2.50. The van der Waals surface area contributed by atoms with Crippen LogP contribution in [0.25, 0.3) is 0 Å². The first-order valence-electron chi connectivity index (χ1n) is 32.9. The van der Waals surface area contributed by atoms with Gasteiger partial charge >= 0.3 is 23.9 Å². The molecule has 12 heteroatoms. The van der Waals surface area contributed by atoms with Crippen LogP contribution < -0.4 is 0 Å². The lowest BCUT2D eigenvalue weighted by molar-refractivity contribution is -0.301. The smallest absolute Gasteiger partial charge is 0.335 e. The molecule has 0 bridgehead atoms. The van der Waals surface area contributed by atoms with Gasteiger partial charge in [-0.3, -0.25) is 14.4 Å². The van der Waals surface area contributed by atoms with E-state index in [9.17, 15) is 34.5 Å². The molecule has 466 valence electrons. The Bertz CT molecular complexity index is 1680. The minimum atomic E-state index is -1.92. The molecule has 0 aromatic heterocycles. The Labute approximate surface area is 493 Å². The first-order valence-corrected chi connectivity index (χ1v) is 32.9. The summed E-state index contributed by atoms with van der Waals surface area (Å²) in [6.45, 7) is 5.86. The second-order valence-electron chi connectivity index (χ2n) is 22.4. The van der Waals surface area contributed by atoms with E-state index in [1.807, 2.05) is 6.08 Å². The maximum Gasteiger partial charge on any atom is 0.335 e. The van der Waals surface area contributed by atoms with E-state index in [0.29, 0.717) is 25.7 Å². The van der Waals surface area contributed by atoms with Gasteiger partial charge < -0.3 is 39.0 Å². The van der Waals surface area contributed by atoms with E-state index >= 15 is 0 Å². The largest absolute Gasteiger partial charge is 0.479 e. The van der Waals surface area contributed by atoms with E-state index in [0.717, 1.165) is 89.9 Å². The lowest BCUT2D eigenvalue weighted by Crippen LogP contribution is -2.61. The highest BCUT2D eigenvalue weighted by molar-refractivity contribution is 5.74. The van der Waals surface area contributed by atoms with Gasteiger partial charge in [0.15, 0.2) is 24.6 Å². The number of aliphatic hydroxyl groups excluding tert-OH is 2. The van der Waals surface area contributed by atoms with Crippen LogP contribution in [0.2, 0.25) is 0 Å². The fourth-order valence-electron chi connectivity index (χ4n) is 9.75. The van der Waals surface area contributed by atoms with Crippen molar-refractivity contribution in [2.75, 3.05) is 13.2 Å². The van der Waals surface area contributed by atoms with Crippen LogP contribution in [0.5, 0.6) is 0 Å². The van der Waals surface area contributed by atoms with Crippen LogP contribution in [0.15, 0.2) is 72.9 Å². The summed E-state index contributed by atoms with van der Waals surface area (Å²) in [5, 5.41) is 31.6. The third-order valence-corrected chi connectivity index (χ3v) is 14.8. The molecule has 12 nitrogen and oxygen atoms in total. The van der Waals surface area contributed by atoms with E-state index in [-0.39, 0.29) is 25.9 Å². The number of hydrogen-bond acceptors (Lipinski definition) is 11. The quantitative estimate of drug-likeness (QED) is 0.0228. The molecule has 0 spiro atoms. The van der Waals surface area contributed by atoms with E-state index in [2.05, 4.69) is 87.6 Å². The highest BCUT2D eigenvalue weighted by Crippen LogP contribution is 2.27. The number of aliphatic carboxylic acids is 1. The first-order chi connectivity index (χ1) is 39.6. The van der Waals surface area contributed by atoms with Crippen molar-refractivity contribution in [1.29, 1.82) is 0 Å². The molecular formula is C69H118O12. The van der Waals surface area contributed by atoms with Gasteiger partial charge in [0.25, 0.3) is 0 Å². The monoisotopic (exact) mass is 1140 g/mol. The SMILES string of the molecule is CC/C=C\C/C=C\C/C=C\C/C=C\C/C=C\CCCC(=O)OC(COC(=O)CCCCCCCCCCCCCCCCCCCCC)COC1OC(C(=O)O)C(O)C(O)C1OC(=O)CCCCCCC/C=C\CCCCCCCC. The summed E-state index contributed by atoms with van der Waals surface area (Å²) in [6.07, 6.45) is 60.1. The van der Waals surface area contributed by atoms with E-state index in [1.54, 1.807) is 0 Å². The van der Waals surface area contributed by atoms with Crippen molar-refractivity contribution in [3.63, 3.8) is 0 Å². The average Bonchev–Trinajstić information content (AvgIpc) is 3.52. The minimum absolute atomic E-state index is 0.0435. The lowest BCUT2D eigenvalue weighted by atomic mass is 9.98. The second kappa shape index (κ2) is 56.6. The number of esters is 3. The number of carboxylic acids is 1. The van der Waals surface area contributed by atoms with Crippen LogP contribution in [0.3, 0.4) is 0 Å². The Morgan fingerprint density at radius 3 is 1.23 bits per heavy atom. The van der Waals surface area contributed by atoms with Crippen molar-refractivity contribution < 1.29 is 58.2 Å². The molecule has 3 N–H and O–H groups in total. The maximum absolute atomic E-state index is 13.2. The van der Waals surface area contributed by atoms with Crippen molar-refractivity contribution in [2.24, 2.45) is 0 Å². The maximum atomic E-state index is 13.2. The Balaban J connectivity index is 2.68. The van der Waals surface area contributed by atoms with Crippen molar-refractivity contribution in [3.05, 3.63) is 72.9 Å². The topological polar surface area (TPSA) is 175 Å². The Hall–Kier alpha value is -3.84. The number of carbonyl (C=O) groups is 4. The molecule has 0 aromatic rings. The summed E-state index contributed by atoms with van der Waals surface area (Å²) in [7, 11) is 0. The number of rotatable bonds is 56. The normalized spacial score (nSPS) is 18.2.